The van der Waals surface area contributed by atoms with Crippen LogP contribution in [0.1, 0.15) is 0 Å². The van der Waals surface area contributed by atoms with Crippen molar-refractivity contribution in [3.05, 3.63) is 23.8 Å². The molecule has 2 atom stereocenters. The topological polar surface area (TPSA) is 63.7 Å². The van der Waals surface area contributed by atoms with E-state index in [1.54, 1.807) is 0 Å². The van der Waals surface area contributed by atoms with Crippen molar-refractivity contribution < 1.29 is 31.1 Å². The third-order valence-corrected chi connectivity index (χ3v) is 4.44. The van der Waals surface area contributed by atoms with E-state index in [1.165, 1.54) is 0 Å². The van der Waals surface area contributed by atoms with Crippen molar-refractivity contribution in [1.82, 2.24) is 4.90 Å². The summed E-state index contributed by atoms with van der Waals surface area (Å²) < 4.78 is 65.2. The number of amides is 1. The number of hydrogen-bond acceptors (Lipinski definition) is 4. The van der Waals surface area contributed by atoms with Gasteiger partial charge in [-0.15, -0.1) is 0 Å². The first-order valence-electron chi connectivity index (χ1n) is 5.70. The fourth-order valence-corrected chi connectivity index (χ4v) is 2.97. The van der Waals surface area contributed by atoms with E-state index in [2.05, 4.69) is 15.9 Å². The van der Waals surface area contributed by atoms with Gasteiger partial charge in [0.05, 0.1) is 23.0 Å². The Labute approximate surface area is 127 Å². The molecule has 0 spiro atoms. The van der Waals surface area contributed by atoms with Crippen LogP contribution >= 0.6 is 15.9 Å². The van der Waals surface area contributed by atoms with Crippen LogP contribution in [0, 0.1) is 0 Å². The number of carbonyl (C=O) groups is 1. The van der Waals surface area contributed by atoms with Crippen LogP contribution in [0.5, 0.6) is 0 Å². The molecule has 0 aromatic heterocycles. The van der Waals surface area contributed by atoms with E-state index in [1.807, 2.05) is 0 Å². The molecule has 0 saturated carbocycles. The highest BCUT2D eigenvalue weighted by molar-refractivity contribution is 9.09. The number of cyclic esters (lactones) is 1. The lowest BCUT2D eigenvalue weighted by molar-refractivity contribution is -0.0882. The molecule has 0 bridgehead atoms. The Morgan fingerprint density at radius 1 is 1.43 bits per heavy atom. The molecule has 5 nitrogen and oxygen atoms in total. The van der Waals surface area contributed by atoms with Gasteiger partial charge >= 0.3 is 12.3 Å². The summed E-state index contributed by atoms with van der Waals surface area (Å²) in [5, 5.41) is 0.352. The highest BCUT2D eigenvalue weighted by Crippen LogP contribution is 2.30. The maximum Gasteiger partial charge on any atom is 0.416 e. The van der Waals surface area contributed by atoms with Gasteiger partial charge in [-0.3, -0.25) is 4.90 Å². The highest BCUT2D eigenvalue weighted by atomic mass is 79.9. The monoisotopic (exact) mass is 387 g/mol. The normalized spacial score (nSPS) is 25.9. The molecular formula is C11H9BrF3NO4S. The molecule has 0 aromatic carbocycles. The largest absolute Gasteiger partial charge is 0.443 e. The quantitative estimate of drug-likeness (QED) is 0.534. The zero-order valence-electron chi connectivity index (χ0n) is 10.3. The second kappa shape index (κ2) is 5.84. The van der Waals surface area contributed by atoms with Gasteiger partial charge in [-0.2, -0.15) is 21.6 Å². The van der Waals surface area contributed by atoms with Gasteiger partial charge in [-0.1, -0.05) is 28.1 Å². The first kappa shape index (κ1) is 16.1. The van der Waals surface area contributed by atoms with E-state index in [0.29, 0.717) is 11.4 Å². The van der Waals surface area contributed by atoms with Gasteiger partial charge < -0.3 is 4.74 Å². The second-order valence-electron chi connectivity index (χ2n) is 4.35. The summed E-state index contributed by atoms with van der Waals surface area (Å²) in [5.41, 5.74) is -1.08. The van der Waals surface area contributed by atoms with Crippen LogP contribution in [-0.4, -0.2) is 54.5 Å². The first-order valence-corrected chi connectivity index (χ1v) is 7.90. The molecule has 1 aliphatic heterocycles. The minimum absolute atomic E-state index is 0.0922. The summed E-state index contributed by atoms with van der Waals surface area (Å²) in [5.74, 6) is 0. The molecule has 1 saturated heterocycles. The molecule has 2 aliphatic rings. The molecule has 1 heterocycles. The number of ether oxygens (including phenoxy) is 1. The van der Waals surface area contributed by atoms with E-state index < -0.39 is 45.1 Å². The Kier molecular flexibility index (Phi) is 4.47. The summed E-state index contributed by atoms with van der Waals surface area (Å²) in [6.07, 6.45) is -3.57. The van der Waals surface area contributed by atoms with Crippen molar-refractivity contribution in [2.45, 2.75) is 18.3 Å². The minimum Gasteiger partial charge on any atom is -0.443 e. The smallest absolute Gasteiger partial charge is 0.416 e. The van der Waals surface area contributed by atoms with Gasteiger partial charge in [0.1, 0.15) is 6.10 Å². The molecular weight excluding hydrogens is 379 g/mol. The van der Waals surface area contributed by atoms with E-state index in [-0.39, 0.29) is 6.54 Å². The number of alkyl halides is 4. The summed E-state index contributed by atoms with van der Waals surface area (Å²) in [7, 11) is -2.88. The lowest BCUT2D eigenvalue weighted by Gasteiger charge is -2.25. The Morgan fingerprint density at radius 3 is 2.57 bits per heavy atom. The SMILES string of the molecule is O=C1OC(CBr)CN1C1C=CC(C(F)(F)F)=CC1=S(=O)=O. The van der Waals surface area contributed by atoms with Crippen molar-refractivity contribution in [2.24, 2.45) is 0 Å². The molecule has 0 N–H and O–H groups in total. The summed E-state index contributed by atoms with van der Waals surface area (Å²) in [6.45, 7) is 0.0922. The maximum atomic E-state index is 12.6. The Bertz CT molecular complexity index is 645. The zero-order valence-corrected chi connectivity index (χ0v) is 12.7. The Balaban J connectivity index is 2.36. The highest BCUT2D eigenvalue weighted by Gasteiger charge is 2.40. The van der Waals surface area contributed by atoms with Crippen LogP contribution in [0.3, 0.4) is 0 Å². The zero-order chi connectivity index (χ0) is 15.8. The van der Waals surface area contributed by atoms with Crippen molar-refractivity contribution in [3.8, 4) is 0 Å². The standard InChI is InChI=1S/C11H9BrF3NO4S/c12-4-7-5-16(10(17)20-7)8-2-1-6(11(13,14)15)3-9(8)21(18)19/h1-3,7-8H,4-5H2. The van der Waals surface area contributed by atoms with Gasteiger partial charge in [-0.05, 0) is 6.08 Å². The van der Waals surface area contributed by atoms with Crippen molar-refractivity contribution in [2.75, 3.05) is 11.9 Å². The van der Waals surface area contributed by atoms with Crippen LogP contribution in [-0.2, 0) is 15.0 Å². The maximum absolute atomic E-state index is 12.6. The fraction of sp³-hybridized carbons (Fsp3) is 0.455. The van der Waals surface area contributed by atoms with Gasteiger partial charge in [0, 0.05) is 5.33 Å². The van der Waals surface area contributed by atoms with Crippen LogP contribution in [0.2, 0.25) is 0 Å². The molecule has 2 rings (SSSR count). The lowest BCUT2D eigenvalue weighted by Crippen LogP contribution is -2.42. The van der Waals surface area contributed by atoms with Crippen LogP contribution < -0.4 is 0 Å². The van der Waals surface area contributed by atoms with Crippen LogP contribution in [0.15, 0.2) is 23.8 Å². The molecule has 0 aromatic rings. The predicted molar refractivity (Wildman–Crippen MR) is 71.8 cm³/mol. The third-order valence-electron chi connectivity index (χ3n) is 2.98. The molecule has 0 radical (unpaired) electrons. The van der Waals surface area contributed by atoms with E-state index in [9.17, 15) is 26.4 Å². The molecule has 1 aliphatic carbocycles. The molecule has 21 heavy (non-hydrogen) atoms. The molecule has 10 heteroatoms. The minimum atomic E-state index is -4.66. The van der Waals surface area contributed by atoms with E-state index in [0.717, 1.165) is 17.1 Å². The molecule has 1 fully saturated rings. The van der Waals surface area contributed by atoms with Crippen LogP contribution in [0.4, 0.5) is 18.0 Å². The van der Waals surface area contributed by atoms with E-state index in [4.69, 9.17) is 4.74 Å². The number of rotatable bonds is 2. The van der Waals surface area contributed by atoms with Gasteiger partial charge in [0.25, 0.3) is 0 Å². The third kappa shape index (κ3) is 3.31. The number of allylic oxidation sites excluding steroid dienone is 2. The number of nitrogens with zero attached hydrogens (tertiary/aromatic N) is 1. The average molecular weight is 388 g/mol. The van der Waals surface area contributed by atoms with Crippen molar-refractivity contribution >= 4 is 37.2 Å². The number of halogens is 4. The predicted octanol–water partition coefficient (Wildman–Crippen LogP) is 1.68. The summed E-state index contributed by atoms with van der Waals surface area (Å²) in [6, 6.07) is -1.09. The van der Waals surface area contributed by atoms with Gasteiger partial charge in [0.15, 0.2) is 0 Å². The Morgan fingerprint density at radius 2 is 2.10 bits per heavy atom. The van der Waals surface area contributed by atoms with Gasteiger partial charge in [-0.25, -0.2) is 4.79 Å². The van der Waals surface area contributed by atoms with Crippen molar-refractivity contribution in [1.29, 1.82) is 0 Å². The Hall–Kier alpha value is -1.29. The van der Waals surface area contributed by atoms with Gasteiger partial charge in [0.2, 0.25) is 10.3 Å². The molecule has 2 unspecified atom stereocenters. The molecule has 1 amide bonds. The average Bonchev–Trinajstić information content (AvgIpc) is 2.78. The van der Waals surface area contributed by atoms with Crippen molar-refractivity contribution in [3.63, 3.8) is 0 Å². The lowest BCUT2D eigenvalue weighted by atomic mass is 10.0. The molecule has 116 valence electrons. The second-order valence-corrected chi connectivity index (χ2v) is 5.94. The number of carbonyl (C=O) groups excluding carboxylic acids is 1. The first-order chi connectivity index (χ1) is 9.74. The van der Waals surface area contributed by atoms with E-state index >= 15 is 0 Å². The van der Waals surface area contributed by atoms with Crippen LogP contribution in [0.25, 0.3) is 0 Å². The number of hydrogen-bond donors (Lipinski definition) is 0. The summed E-state index contributed by atoms with van der Waals surface area (Å²) >= 11 is 3.12. The summed E-state index contributed by atoms with van der Waals surface area (Å²) in [4.78, 5) is 12.2. The fourth-order valence-electron chi connectivity index (χ4n) is 2.01.